The van der Waals surface area contributed by atoms with E-state index in [2.05, 4.69) is 9.82 Å². The summed E-state index contributed by atoms with van der Waals surface area (Å²) in [7, 11) is -1.60. The van der Waals surface area contributed by atoms with Crippen molar-refractivity contribution in [2.24, 2.45) is 7.05 Å². The Morgan fingerprint density at radius 1 is 1.38 bits per heavy atom. The first-order valence-corrected chi connectivity index (χ1v) is 9.44. The minimum Gasteiger partial charge on any atom is -0.272 e. The summed E-state index contributed by atoms with van der Waals surface area (Å²) >= 11 is 6.85. The third-order valence-electron chi connectivity index (χ3n) is 3.69. The maximum Gasteiger partial charge on any atom is 0.250 e. The van der Waals surface area contributed by atoms with Gasteiger partial charge in [0.1, 0.15) is 4.21 Å². The van der Waals surface area contributed by atoms with Gasteiger partial charge in [-0.1, -0.05) is 11.6 Å². The molecule has 0 amide bonds. The van der Waals surface area contributed by atoms with Crippen LogP contribution in [-0.2, 0) is 36.5 Å². The highest BCUT2D eigenvalue weighted by atomic mass is 35.5. The lowest BCUT2D eigenvalue weighted by molar-refractivity contribution is 0.581. The van der Waals surface area contributed by atoms with E-state index in [0.29, 0.717) is 4.34 Å². The molecule has 0 saturated heterocycles. The van der Waals surface area contributed by atoms with Crippen LogP contribution in [0.2, 0.25) is 4.34 Å². The van der Waals surface area contributed by atoms with Crippen LogP contribution >= 0.6 is 22.9 Å². The first-order chi connectivity index (χ1) is 9.97. The molecule has 0 fully saturated rings. The Morgan fingerprint density at radius 3 is 2.86 bits per heavy atom. The number of fused-ring (bicyclic) bond motifs is 1. The number of thiophene rings is 1. The summed E-state index contributed by atoms with van der Waals surface area (Å²) in [5, 5.41) is 4.46. The number of hydrogen-bond donors (Lipinski definition) is 1. The van der Waals surface area contributed by atoms with E-state index in [1.165, 1.54) is 23.7 Å². The molecule has 0 spiro atoms. The van der Waals surface area contributed by atoms with Crippen molar-refractivity contribution in [1.29, 1.82) is 0 Å². The van der Waals surface area contributed by atoms with Crippen molar-refractivity contribution in [2.75, 3.05) is 0 Å². The maximum atomic E-state index is 12.2. The van der Waals surface area contributed by atoms with Crippen molar-refractivity contribution in [1.82, 2.24) is 14.5 Å². The molecule has 0 radical (unpaired) electrons. The van der Waals surface area contributed by atoms with Crippen molar-refractivity contribution in [3.63, 3.8) is 0 Å². The molecule has 0 saturated carbocycles. The molecule has 0 aliphatic heterocycles. The van der Waals surface area contributed by atoms with Gasteiger partial charge in [-0.05, 0) is 43.4 Å². The van der Waals surface area contributed by atoms with Crippen LogP contribution in [0.3, 0.4) is 0 Å². The second-order valence-electron chi connectivity index (χ2n) is 5.09. The predicted octanol–water partition coefficient (Wildman–Crippen LogP) is 2.49. The standard InChI is InChI=1S/C13H16ClN3O2S2/c1-17-11-5-3-2-4-9(11)10(16-17)8-15-21(18,19)13-7-6-12(14)20-13/h6-7,15H,2-5,8H2,1H3. The Morgan fingerprint density at radius 2 is 2.14 bits per heavy atom. The van der Waals surface area contributed by atoms with Crippen LogP contribution in [0, 0.1) is 0 Å². The highest BCUT2D eigenvalue weighted by molar-refractivity contribution is 7.91. The summed E-state index contributed by atoms with van der Waals surface area (Å²) < 4.78 is 29.6. The molecule has 5 nitrogen and oxygen atoms in total. The summed E-state index contributed by atoms with van der Waals surface area (Å²) in [6.45, 7) is 0.223. The van der Waals surface area contributed by atoms with E-state index >= 15 is 0 Å². The third-order valence-corrected chi connectivity index (χ3v) is 6.82. The van der Waals surface area contributed by atoms with Crippen LogP contribution in [0.1, 0.15) is 29.8 Å². The molecule has 0 atom stereocenters. The second kappa shape index (κ2) is 5.72. The Hall–Kier alpha value is -0.890. The molecule has 3 rings (SSSR count). The number of sulfonamides is 1. The minimum absolute atomic E-state index is 0.223. The molecule has 1 N–H and O–H groups in total. The van der Waals surface area contributed by atoms with E-state index in [1.807, 2.05) is 11.7 Å². The lowest BCUT2D eigenvalue weighted by Gasteiger charge is -2.12. The van der Waals surface area contributed by atoms with E-state index in [4.69, 9.17) is 11.6 Å². The average Bonchev–Trinajstić information content (AvgIpc) is 3.02. The van der Waals surface area contributed by atoms with Gasteiger partial charge in [-0.25, -0.2) is 13.1 Å². The van der Waals surface area contributed by atoms with Crippen LogP contribution in [0.15, 0.2) is 16.3 Å². The van der Waals surface area contributed by atoms with Gasteiger partial charge in [0.25, 0.3) is 0 Å². The topological polar surface area (TPSA) is 64.0 Å². The zero-order chi connectivity index (χ0) is 15.0. The van der Waals surface area contributed by atoms with Gasteiger partial charge in [-0.3, -0.25) is 4.68 Å². The summed E-state index contributed by atoms with van der Waals surface area (Å²) in [6, 6.07) is 3.10. The summed E-state index contributed by atoms with van der Waals surface area (Å²) in [6.07, 6.45) is 4.31. The molecule has 1 aliphatic rings. The smallest absolute Gasteiger partial charge is 0.250 e. The van der Waals surface area contributed by atoms with Crippen LogP contribution in [0.25, 0.3) is 0 Å². The third kappa shape index (κ3) is 3.01. The average molecular weight is 346 g/mol. The summed E-state index contributed by atoms with van der Waals surface area (Å²) in [5.41, 5.74) is 3.27. The molecule has 0 unspecified atom stereocenters. The van der Waals surface area contributed by atoms with E-state index in [9.17, 15) is 8.42 Å². The quantitative estimate of drug-likeness (QED) is 0.926. The van der Waals surface area contributed by atoms with Crippen molar-refractivity contribution in [3.8, 4) is 0 Å². The summed E-state index contributed by atoms with van der Waals surface area (Å²) in [5.74, 6) is 0. The van der Waals surface area contributed by atoms with Crippen molar-refractivity contribution < 1.29 is 8.42 Å². The van der Waals surface area contributed by atoms with Crippen molar-refractivity contribution >= 4 is 33.0 Å². The zero-order valence-corrected chi connectivity index (χ0v) is 14.0. The molecule has 2 heterocycles. The first kappa shape index (κ1) is 15.0. The molecule has 0 aromatic carbocycles. The van der Waals surface area contributed by atoms with Gasteiger partial charge in [0.05, 0.1) is 16.6 Å². The van der Waals surface area contributed by atoms with Gasteiger partial charge in [0.15, 0.2) is 0 Å². The molecular formula is C13H16ClN3O2S2. The second-order valence-corrected chi connectivity index (χ2v) is 8.79. The zero-order valence-electron chi connectivity index (χ0n) is 11.6. The van der Waals surface area contributed by atoms with E-state index in [-0.39, 0.29) is 10.8 Å². The van der Waals surface area contributed by atoms with Gasteiger partial charge in [0.2, 0.25) is 10.0 Å². The normalized spacial score (nSPS) is 15.1. The van der Waals surface area contributed by atoms with E-state index in [0.717, 1.165) is 36.3 Å². The fraction of sp³-hybridized carbons (Fsp3) is 0.462. The minimum atomic E-state index is -3.52. The fourth-order valence-corrected chi connectivity index (χ4v) is 5.19. The van der Waals surface area contributed by atoms with Crippen molar-refractivity contribution in [2.45, 2.75) is 36.4 Å². The van der Waals surface area contributed by atoms with E-state index in [1.54, 1.807) is 6.07 Å². The molecule has 21 heavy (non-hydrogen) atoms. The van der Waals surface area contributed by atoms with Gasteiger partial charge in [-0.2, -0.15) is 5.10 Å². The Kier molecular flexibility index (Phi) is 4.09. The molecule has 8 heteroatoms. The van der Waals surface area contributed by atoms with E-state index < -0.39 is 10.0 Å². The van der Waals surface area contributed by atoms with Crippen LogP contribution in [0.4, 0.5) is 0 Å². The number of rotatable bonds is 4. The highest BCUT2D eigenvalue weighted by Gasteiger charge is 2.22. The van der Waals surface area contributed by atoms with Gasteiger partial charge < -0.3 is 0 Å². The molecule has 114 valence electrons. The molecule has 2 aromatic heterocycles. The molecule has 1 aliphatic carbocycles. The number of hydrogen-bond acceptors (Lipinski definition) is 4. The van der Waals surface area contributed by atoms with Crippen LogP contribution < -0.4 is 4.72 Å². The number of nitrogens with one attached hydrogen (secondary N) is 1. The summed E-state index contributed by atoms with van der Waals surface area (Å²) in [4.78, 5) is 0. The number of halogens is 1. The monoisotopic (exact) mass is 345 g/mol. The highest BCUT2D eigenvalue weighted by Crippen LogP contribution is 2.27. The number of aromatic nitrogens is 2. The Balaban J connectivity index is 1.79. The van der Waals surface area contributed by atoms with Crippen LogP contribution in [0.5, 0.6) is 0 Å². The largest absolute Gasteiger partial charge is 0.272 e. The fourth-order valence-electron chi connectivity index (χ4n) is 2.68. The van der Waals surface area contributed by atoms with Gasteiger partial charge in [-0.15, -0.1) is 11.3 Å². The maximum absolute atomic E-state index is 12.2. The Labute approximate surface area is 133 Å². The molecule has 0 bridgehead atoms. The van der Waals surface area contributed by atoms with Gasteiger partial charge >= 0.3 is 0 Å². The first-order valence-electron chi connectivity index (χ1n) is 6.76. The van der Waals surface area contributed by atoms with Crippen LogP contribution in [-0.4, -0.2) is 18.2 Å². The predicted molar refractivity (Wildman–Crippen MR) is 83.2 cm³/mol. The lowest BCUT2D eigenvalue weighted by atomic mass is 9.96. The number of aryl methyl sites for hydroxylation is 1. The number of nitrogens with zero attached hydrogens (tertiary/aromatic N) is 2. The molecular weight excluding hydrogens is 330 g/mol. The SMILES string of the molecule is Cn1nc(CNS(=O)(=O)c2ccc(Cl)s2)c2c1CCCC2. The van der Waals surface area contributed by atoms with Gasteiger partial charge in [0, 0.05) is 12.7 Å². The van der Waals surface area contributed by atoms with Crippen molar-refractivity contribution in [3.05, 3.63) is 33.4 Å². The lowest BCUT2D eigenvalue weighted by Crippen LogP contribution is -2.23. The molecule has 2 aromatic rings. The Bertz CT molecular complexity index is 764.